The van der Waals surface area contributed by atoms with Crippen molar-refractivity contribution in [1.29, 1.82) is 0 Å². The van der Waals surface area contributed by atoms with Gasteiger partial charge in [0, 0.05) is 25.0 Å². The molecule has 3 heterocycles. The van der Waals surface area contributed by atoms with Gasteiger partial charge in [-0.25, -0.2) is 4.68 Å². The van der Waals surface area contributed by atoms with Crippen molar-refractivity contribution in [1.82, 2.24) is 25.2 Å². The summed E-state index contributed by atoms with van der Waals surface area (Å²) in [5.74, 6) is -0.214. The second kappa shape index (κ2) is 5.70. The third kappa shape index (κ3) is 2.44. The van der Waals surface area contributed by atoms with Crippen molar-refractivity contribution in [2.45, 2.75) is 37.9 Å². The van der Waals surface area contributed by atoms with Crippen molar-refractivity contribution in [3.63, 3.8) is 0 Å². The van der Waals surface area contributed by atoms with E-state index in [9.17, 15) is 14.4 Å². The minimum Gasteiger partial charge on any atom is -0.354 e. The van der Waals surface area contributed by atoms with Crippen LogP contribution in [0.5, 0.6) is 0 Å². The molecule has 2 amide bonds. The Morgan fingerprint density at radius 3 is 2.88 bits per heavy atom. The van der Waals surface area contributed by atoms with Crippen molar-refractivity contribution in [3.05, 3.63) is 34.6 Å². The van der Waals surface area contributed by atoms with E-state index < -0.39 is 0 Å². The SMILES string of the molecule is O=C1C[C@H]2CC[C@@H](CN1)N2C(=O)Cn1nnc2ccccc2c1=O. The molecule has 0 spiro atoms. The zero-order valence-corrected chi connectivity index (χ0v) is 13.0. The van der Waals surface area contributed by atoms with Crippen molar-refractivity contribution in [2.75, 3.05) is 6.54 Å². The van der Waals surface area contributed by atoms with Crippen LogP contribution in [0, 0.1) is 0 Å². The van der Waals surface area contributed by atoms with Crippen LogP contribution in [0.3, 0.4) is 0 Å². The van der Waals surface area contributed by atoms with E-state index in [2.05, 4.69) is 15.6 Å². The molecule has 1 aromatic heterocycles. The normalized spacial score (nSPS) is 23.2. The van der Waals surface area contributed by atoms with Gasteiger partial charge in [-0.3, -0.25) is 14.4 Å². The van der Waals surface area contributed by atoms with Crippen LogP contribution in [0.2, 0.25) is 0 Å². The van der Waals surface area contributed by atoms with Gasteiger partial charge in [-0.1, -0.05) is 17.3 Å². The Kier molecular flexibility index (Phi) is 3.51. The fraction of sp³-hybridized carbons (Fsp3) is 0.438. The van der Waals surface area contributed by atoms with Crippen LogP contribution in [0.4, 0.5) is 0 Å². The zero-order chi connectivity index (χ0) is 16.7. The van der Waals surface area contributed by atoms with Gasteiger partial charge in [-0.05, 0) is 25.0 Å². The summed E-state index contributed by atoms with van der Waals surface area (Å²) in [5.41, 5.74) is 0.182. The fourth-order valence-electron chi connectivity index (χ4n) is 3.62. The highest BCUT2D eigenvalue weighted by molar-refractivity contribution is 5.82. The average molecular weight is 327 g/mol. The van der Waals surface area contributed by atoms with E-state index in [4.69, 9.17) is 0 Å². The number of nitrogens with one attached hydrogen (secondary N) is 1. The average Bonchev–Trinajstić information content (AvgIpc) is 2.89. The van der Waals surface area contributed by atoms with Crippen molar-refractivity contribution >= 4 is 22.7 Å². The molecule has 8 nitrogen and oxygen atoms in total. The molecule has 2 bridgehead atoms. The molecule has 2 fully saturated rings. The van der Waals surface area contributed by atoms with E-state index in [1.54, 1.807) is 29.2 Å². The van der Waals surface area contributed by atoms with Crippen LogP contribution in [0.15, 0.2) is 29.1 Å². The van der Waals surface area contributed by atoms with Crippen molar-refractivity contribution in [2.24, 2.45) is 0 Å². The Bertz CT molecular complexity index is 877. The van der Waals surface area contributed by atoms with E-state index in [1.165, 1.54) is 0 Å². The molecule has 0 unspecified atom stereocenters. The molecule has 2 atom stereocenters. The molecule has 8 heteroatoms. The Labute approximate surface area is 137 Å². The maximum atomic E-state index is 12.7. The largest absolute Gasteiger partial charge is 0.354 e. The van der Waals surface area contributed by atoms with Crippen LogP contribution in [-0.2, 0) is 16.1 Å². The van der Waals surface area contributed by atoms with Gasteiger partial charge in [-0.15, -0.1) is 5.10 Å². The Balaban J connectivity index is 1.61. The highest BCUT2D eigenvalue weighted by Crippen LogP contribution is 2.28. The molecule has 24 heavy (non-hydrogen) atoms. The minimum atomic E-state index is -0.328. The van der Waals surface area contributed by atoms with E-state index in [-0.39, 0.29) is 36.0 Å². The molecular weight excluding hydrogens is 310 g/mol. The summed E-state index contributed by atoms with van der Waals surface area (Å²) < 4.78 is 1.10. The lowest BCUT2D eigenvalue weighted by Crippen LogP contribution is -2.45. The van der Waals surface area contributed by atoms with Crippen LogP contribution in [-0.4, -0.2) is 50.3 Å². The predicted molar refractivity (Wildman–Crippen MR) is 85.1 cm³/mol. The molecule has 0 aliphatic carbocycles. The molecule has 1 aromatic carbocycles. The number of carbonyl (C=O) groups excluding carboxylic acids is 2. The quantitative estimate of drug-likeness (QED) is 0.815. The maximum Gasteiger partial charge on any atom is 0.278 e. The van der Waals surface area contributed by atoms with E-state index in [0.29, 0.717) is 23.9 Å². The lowest BCUT2D eigenvalue weighted by atomic mass is 10.1. The van der Waals surface area contributed by atoms with Crippen LogP contribution in [0.25, 0.3) is 10.9 Å². The van der Waals surface area contributed by atoms with Crippen LogP contribution < -0.4 is 10.9 Å². The highest BCUT2D eigenvalue weighted by atomic mass is 16.2. The molecule has 2 saturated heterocycles. The van der Waals surface area contributed by atoms with Gasteiger partial charge < -0.3 is 10.2 Å². The number of carbonyl (C=O) groups is 2. The summed E-state index contributed by atoms with van der Waals surface area (Å²) in [6, 6.07) is 6.83. The van der Waals surface area contributed by atoms with Crippen LogP contribution >= 0.6 is 0 Å². The van der Waals surface area contributed by atoms with Gasteiger partial charge in [0.25, 0.3) is 5.56 Å². The van der Waals surface area contributed by atoms with Gasteiger partial charge >= 0.3 is 0 Å². The van der Waals surface area contributed by atoms with Gasteiger partial charge in [0.1, 0.15) is 12.1 Å². The first-order chi connectivity index (χ1) is 11.6. The highest BCUT2D eigenvalue weighted by Gasteiger charge is 2.40. The smallest absolute Gasteiger partial charge is 0.278 e. The topological polar surface area (TPSA) is 97.2 Å². The summed E-state index contributed by atoms with van der Waals surface area (Å²) in [7, 11) is 0. The third-order valence-electron chi connectivity index (χ3n) is 4.78. The number of hydrogen-bond donors (Lipinski definition) is 1. The molecular formula is C16H17N5O3. The summed E-state index contributed by atoms with van der Waals surface area (Å²) >= 11 is 0. The van der Waals surface area contributed by atoms with Gasteiger partial charge in [0.05, 0.1) is 5.39 Å². The third-order valence-corrected chi connectivity index (χ3v) is 4.78. The predicted octanol–water partition coefficient (Wildman–Crippen LogP) is -0.329. The number of amides is 2. The first-order valence-corrected chi connectivity index (χ1v) is 8.04. The number of rotatable bonds is 2. The molecule has 4 rings (SSSR count). The van der Waals surface area contributed by atoms with E-state index in [1.807, 2.05) is 0 Å². The Morgan fingerprint density at radius 2 is 2.00 bits per heavy atom. The van der Waals surface area contributed by atoms with Gasteiger partial charge in [0.2, 0.25) is 11.8 Å². The molecule has 2 aliphatic rings. The maximum absolute atomic E-state index is 12.7. The lowest BCUT2D eigenvalue weighted by molar-refractivity contribution is -0.134. The van der Waals surface area contributed by atoms with Gasteiger partial charge in [-0.2, -0.15) is 0 Å². The monoisotopic (exact) mass is 327 g/mol. The molecule has 0 saturated carbocycles. The molecule has 1 N–H and O–H groups in total. The van der Waals surface area contributed by atoms with Crippen molar-refractivity contribution < 1.29 is 9.59 Å². The van der Waals surface area contributed by atoms with E-state index >= 15 is 0 Å². The Hall–Kier alpha value is -2.77. The Morgan fingerprint density at radius 1 is 1.21 bits per heavy atom. The standard InChI is InChI=1S/C16H17N5O3/c22-14-7-10-5-6-11(8-17-14)21(10)15(23)9-20-16(24)12-3-1-2-4-13(12)18-19-20/h1-4,10-11H,5-9H2,(H,17,22)/t10-,11+/m1/s1. The minimum absolute atomic E-state index is 0.00179. The number of nitrogens with zero attached hydrogens (tertiary/aromatic N) is 4. The summed E-state index contributed by atoms with van der Waals surface area (Å²) in [4.78, 5) is 38.6. The summed E-state index contributed by atoms with van der Waals surface area (Å²) in [6.45, 7) is 0.317. The molecule has 124 valence electrons. The first kappa shape index (κ1) is 14.8. The zero-order valence-electron chi connectivity index (χ0n) is 13.0. The number of fused-ring (bicyclic) bond motifs is 3. The van der Waals surface area contributed by atoms with Crippen LogP contribution in [0.1, 0.15) is 19.3 Å². The fourth-order valence-corrected chi connectivity index (χ4v) is 3.62. The van der Waals surface area contributed by atoms with Gasteiger partial charge in [0.15, 0.2) is 0 Å². The summed E-state index contributed by atoms with van der Waals surface area (Å²) in [5, 5.41) is 11.1. The molecule has 2 aromatic rings. The molecule has 2 aliphatic heterocycles. The summed E-state index contributed by atoms with van der Waals surface area (Å²) in [6.07, 6.45) is 2.01. The van der Waals surface area contributed by atoms with Crippen molar-refractivity contribution in [3.8, 4) is 0 Å². The first-order valence-electron chi connectivity index (χ1n) is 8.04. The molecule has 0 radical (unpaired) electrons. The lowest BCUT2D eigenvalue weighted by Gasteiger charge is -2.27. The number of benzene rings is 1. The second-order valence-corrected chi connectivity index (χ2v) is 6.26. The van der Waals surface area contributed by atoms with E-state index in [0.717, 1.165) is 17.5 Å². The number of aromatic nitrogens is 3. The second-order valence-electron chi connectivity index (χ2n) is 6.26. The number of hydrogen-bond acceptors (Lipinski definition) is 5.